The normalized spacial score (nSPS) is 17.3. The maximum Gasteiger partial charge on any atom is 0.308 e. The minimum absolute atomic E-state index is 0.00911. The molecule has 0 radical (unpaired) electrons. The highest BCUT2D eigenvalue weighted by atomic mass is 16.5. The Labute approximate surface area is 138 Å². The number of rotatable bonds is 12. The van der Waals surface area contributed by atoms with E-state index < -0.39 is 24.3 Å². The number of esters is 1. The van der Waals surface area contributed by atoms with Crippen LogP contribution in [-0.4, -0.2) is 57.9 Å². The molecule has 6 heteroatoms. The first-order valence-corrected chi connectivity index (χ1v) is 7.97. The van der Waals surface area contributed by atoms with Gasteiger partial charge in [-0.25, -0.2) is 0 Å². The van der Waals surface area contributed by atoms with Gasteiger partial charge in [-0.3, -0.25) is 4.79 Å². The zero-order valence-electron chi connectivity index (χ0n) is 14.0. The van der Waals surface area contributed by atoms with Gasteiger partial charge in [0.15, 0.2) is 0 Å². The second kappa shape index (κ2) is 13.2. The van der Waals surface area contributed by atoms with Crippen molar-refractivity contribution in [2.24, 2.45) is 0 Å². The predicted molar refractivity (Wildman–Crippen MR) is 87.7 cm³/mol. The molecule has 0 aliphatic rings. The Bertz CT molecular complexity index is 364. The molecule has 0 aliphatic carbocycles. The van der Waals surface area contributed by atoms with Crippen LogP contribution in [-0.2, 0) is 9.53 Å². The van der Waals surface area contributed by atoms with Gasteiger partial charge in [0.05, 0.1) is 37.9 Å². The van der Waals surface area contributed by atoms with Crippen LogP contribution in [0.5, 0.6) is 0 Å². The van der Waals surface area contributed by atoms with Crippen LogP contribution in [0.2, 0.25) is 0 Å². The maximum absolute atomic E-state index is 11.0. The highest BCUT2D eigenvalue weighted by molar-refractivity contribution is 5.69. The molecule has 6 nitrogen and oxygen atoms in total. The summed E-state index contributed by atoms with van der Waals surface area (Å²) < 4.78 is 4.43. The third kappa shape index (κ3) is 14.1. The lowest BCUT2D eigenvalue weighted by molar-refractivity contribution is -0.143. The van der Waals surface area contributed by atoms with Gasteiger partial charge in [-0.05, 0) is 32.6 Å². The van der Waals surface area contributed by atoms with E-state index in [4.69, 9.17) is 5.11 Å². The van der Waals surface area contributed by atoms with Crippen LogP contribution in [0.3, 0.4) is 0 Å². The lowest BCUT2D eigenvalue weighted by atomic mass is 10.0. The van der Waals surface area contributed by atoms with Gasteiger partial charge in [0.2, 0.25) is 0 Å². The molecule has 4 unspecified atom stereocenters. The molecule has 0 heterocycles. The number of carbonyl (C=O) groups is 1. The van der Waals surface area contributed by atoms with Gasteiger partial charge in [-0.2, -0.15) is 0 Å². The van der Waals surface area contributed by atoms with E-state index in [0.29, 0.717) is 0 Å². The lowest BCUT2D eigenvalue weighted by Gasteiger charge is -2.16. The summed E-state index contributed by atoms with van der Waals surface area (Å²) >= 11 is 0. The molecule has 4 atom stereocenters. The Morgan fingerprint density at radius 2 is 1.78 bits per heavy atom. The zero-order valence-corrected chi connectivity index (χ0v) is 14.0. The number of aliphatic hydroxyl groups is 4. The van der Waals surface area contributed by atoms with Crippen LogP contribution in [0, 0.1) is 0 Å². The minimum Gasteiger partial charge on any atom is -0.469 e. The summed E-state index contributed by atoms with van der Waals surface area (Å²) in [6.07, 6.45) is 6.47. The molecule has 0 aliphatic heterocycles. The first-order valence-electron chi connectivity index (χ1n) is 7.97. The van der Waals surface area contributed by atoms with Crippen LogP contribution in [0.1, 0.15) is 45.4 Å². The van der Waals surface area contributed by atoms with E-state index in [1.807, 2.05) is 12.2 Å². The number of aliphatic hydroxyl groups excluding tert-OH is 4. The Kier molecular flexibility index (Phi) is 12.6. The minimum atomic E-state index is -0.984. The number of hydrogen-bond acceptors (Lipinski definition) is 6. The smallest absolute Gasteiger partial charge is 0.308 e. The van der Waals surface area contributed by atoms with Gasteiger partial charge in [0.1, 0.15) is 0 Å². The van der Waals surface area contributed by atoms with Crippen LogP contribution in [0.25, 0.3) is 0 Å². The van der Waals surface area contributed by atoms with Crippen molar-refractivity contribution in [3.8, 4) is 0 Å². The van der Waals surface area contributed by atoms with Crippen LogP contribution in [0.4, 0.5) is 0 Å². The average molecular weight is 330 g/mol. The highest BCUT2D eigenvalue weighted by Gasteiger charge is 2.17. The Morgan fingerprint density at radius 1 is 1.09 bits per heavy atom. The monoisotopic (exact) mass is 330 g/mol. The predicted octanol–water partition coefficient (Wildman–Crippen LogP) is 1.08. The van der Waals surface area contributed by atoms with Gasteiger partial charge in [-0.15, -0.1) is 0 Å². The van der Waals surface area contributed by atoms with Gasteiger partial charge >= 0.3 is 5.97 Å². The van der Waals surface area contributed by atoms with E-state index in [0.717, 1.165) is 19.3 Å². The summed E-state index contributed by atoms with van der Waals surface area (Å²) in [7, 11) is 1.23. The second-order valence-electron chi connectivity index (χ2n) is 5.72. The summed E-state index contributed by atoms with van der Waals surface area (Å²) in [6.45, 7) is 1.76. The molecular formula is C17H30O6. The van der Waals surface area contributed by atoms with E-state index in [9.17, 15) is 20.1 Å². The Hall–Kier alpha value is -1.21. The topological polar surface area (TPSA) is 107 Å². The average Bonchev–Trinajstić information content (AvgIpc) is 2.45. The molecule has 0 fully saturated rings. The van der Waals surface area contributed by atoms with Gasteiger partial charge in [-0.1, -0.05) is 24.3 Å². The van der Waals surface area contributed by atoms with E-state index in [1.54, 1.807) is 19.1 Å². The molecular weight excluding hydrogens is 300 g/mol. The summed E-state index contributed by atoms with van der Waals surface area (Å²) in [5.74, 6) is -0.536. The molecule has 134 valence electrons. The number of unbranched alkanes of at least 4 members (excludes halogenated alkanes) is 1. The van der Waals surface area contributed by atoms with Gasteiger partial charge < -0.3 is 25.2 Å². The van der Waals surface area contributed by atoms with Crippen molar-refractivity contribution in [3.63, 3.8) is 0 Å². The SMILES string of the molecule is COC(=O)CC(O)CC(O)CC(O)C=CC=CCCCC(C)O. The molecule has 0 aromatic carbocycles. The molecule has 0 rings (SSSR count). The largest absolute Gasteiger partial charge is 0.469 e. The molecule has 0 spiro atoms. The lowest BCUT2D eigenvalue weighted by Crippen LogP contribution is -2.24. The standard InChI is InChI=1S/C17H30O6/c1-13(18)8-6-4-3-5-7-9-14(19)10-15(20)11-16(21)12-17(22)23-2/h3,5,7,9,13-16,18-21H,4,6,8,10-12H2,1-2H3. The zero-order chi connectivity index (χ0) is 17.7. The third-order valence-corrected chi connectivity index (χ3v) is 3.26. The number of carbonyl (C=O) groups excluding carboxylic acids is 1. The van der Waals surface area contributed by atoms with E-state index in [2.05, 4.69) is 4.74 Å². The summed E-state index contributed by atoms with van der Waals surface area (Å²) in [5, 5.41) is 38.2. The fraction of sp³-hybridized carbons (Fsp3) is 0.706. The van der Waals surface area contributed by atoms with Crippen molar-refractivity contribution in [1.29, 1.82) is 0 Å². The van der Waals surface area contributed by atoms with Crippen molar-refractivity contribution >= 4 is 5.97 Å². The van der Waals surface area contributed by atoms with E-state index >= 15 is 0 Å². The second-order valence-corrected chi connectivity index (χ2v) is 5.72. The van der Waals surface area contributed by atoms with Crippen molar-refractivity contribution in [1.82, 2.24) is 0 Å². The molecule has 0 saturated heterocycles. The summed E-state index contributed by atoms with van der Waals surface area (Å²) in [6, 6.07) is 0. The summed E-state index contributed by atoms with van der Waals surface area (Å²) in [4.78, 5) is 11.0. The first kappa shape index (κ1) is 21.8. The number of methoxy groups -OCH3 is 1. The maximum atomic E-state index is 11.0. The van der Waals surface area contributed by atoms with Gasteiger partial charge in [0.25, 0.3) is 0 Å². The van der Waals surface area contributed by atoms with E-state index in [1.165, 1.54) is 7.11 Å². The number of hydrogen-bond donors (Lipinski definition) is 4. The molecule has 4 N–H and O–H groups in total. The van der Waals surface area contributed by atoms with E-state index in [-0.39, 0.29) is 25.4 Å². The van der Waals surface area contributed by atoms with Crippen molar-refractivity contribution in [3.05, 3.63) is 24.3 Å². The molecule has 0 aromatic heterocycles. The summed E-state index contributed by atoms with van der Waals surface area (Å²) in [5.41, 5.74) is 0. The molecule has 0 saturated carbocycles. The Morgan fingerprint density at radius 3 is 2.39 bits per heavy atom. The van der Waals surface area contributed by atoms with Crippen molar-refractivity contribution in [2.75, 3.05) is 7.11 Å². The van der Waals surface area contributed by atoms with Crippen molar-refractivity contribution in [2.45, 2.75) is 69.9 Å². The molecule has 0 amide bonds. The number of allylic oxidation sites excluding steroid dienone is 3. The molecule has 0 bridgehead atoms. The Balaban J connectivity index is 3.90. The van der Waals surface area contributed by atoms with Crippen LogP contribution in [0.15, 0.2) is 24.3 Å². The number of ether oxygens (including phenoxy) is 1. The fourth-order valence-corrected chi connectivity index (χ4v) is 2.02. The molecule has 0 aromatic rings. The first-order chi connectivity index (χ1) is 10.8. The fourth-order valence-electron chi connectivity index (χ4n) is 2.02. The van der Waals surface area contributed by atoms with Crippen LogP contribution < -0.4 is 0 Å². The molecule has 23 heavy (non-hydrogen) atoms. The highest BCUT2D eigenvalue weighted by Crippen LogP contribution is 2.10. The van der Waals surface area contributed by atoms with Crippen LogP contribution >= 0.6 is 0 Å². The third-order valence-electron chi connectivity index (χ3n) is 3.26. The van der Waals surface area contributed by atoms with Crippen molar-refractivity contribution < 1.29 is 30.0 Å². The quantitative estimate of drug-likeness (QED) is 0.242. The van der Waals surface area contributed by atoms with Gasteiger partial charge in [0, 0.05) is 6.42 Å².